The van der Waals surface area contributed by atoms with E-state index in [2.05, 4.69) is 11.8 Å². The molecule has 0 amide bonds. The first-order chi connectivity index (χ1) is 7.27. The first kappa shape index (κ1) is 12.5. The molecule has 1 unspecified atom stereocenters. The van der Waals surface area contributed by atoms with Crippen LogP contribution in [-0.2, 0) is 9.53 Å². The van der Waals surface area contributed by atoms with Crippen molar-refractivity contribution >= 4 is 5.97 Å². The number of hydrogen-bond donors (Lipinski definition) is 0. The number of rotatable bonds is 5. The Bertz CT molecular complexity index is 192. The van der Waals surface area contributed by atoms with Crippen molar-refractivity contribution in [3.8, 4) is 0 Å². The fraction of sp³-hybridized carbons (Fsp3) is 0.917. The average Bonchev–Trinajstić information content (AvgIpc) is 2.21. The van der Waals surface area contributed by atoms with Gasteiger partial charge in [0.25, 0.3) is 0 Å². The molecule has 0 saturated carbocycles. The van der Waals surface area contributed by atoms with Crippen LogP contribution in [-0.4, -0.2) is 36.6 Å². The van der Waals surface area contributed by atoms with Crippen LogP contribution in [0, 0.1) is 0 Å². The maximum absolute atomic E-state index is 11.4. The monoisotopic (exact) mass is 213 g/mol. The van der Waals surface area contributed by atoms with Crippen LogP contribution in [0.4, 0.5) is 0 Å². The zero-order valence-electron chi connectivity index (χ0n) is 10.00. The minimum absolute atomic E-state index is 0.0366. The molecule has 1 aliphatic rings. The van der Waals surface area contributed by atoms with Crippen molar-refractivity contribution in [3.63, 3.8) is 0 Å². The van der Waals surface area contributed by atoms with Crippen LogP contribution >= 0.6 is 0 Å². The standard InChI is InChI=1S/C12H23NO2/c1-3-8-13-9-6-5-7-11(13)10-12(14)15-4-2/h11H,3-10H2,1-2H3. The molecule has 0 spiro atoms. The number of ether oxygens (including phenoxy) is 1. The molecule has 0 aliphatic carbocycles. The molecular weight excluding hydrogens is 190 g/mol. The van der Waals surface area contributed by atoms with E-state index in [1.54, 1.807) is 0 Å². The Balaban J connectivity index is 2.38. The molecule has 1 rings (SSSR count). The summed E-state index contributed by atoms with van der Waals surface area (Å²) in [5.41, 5.74) is 0. The van der Waals surface area contributed by atoms with Gasteiger partial charge >= 0.3 is 5.97 Å². The van der Waals surface area contributed by atoms with E-state index in [9.17, 15) is 4.79 Å². The van der Waals surface area contributed by atoms with Crippen LogP contribution in [0.2, 0.25) is 0 Å². The molecule has 0 radical (unpaired) electrons. The summed E-state index contributed by atoms with van der Waals surface area (Å²) in [6, 6.07) is 0.428. The number of nitrogens with zero attached hydrogens (tertiary/aromatic N) is 1. The van der Waals surface area contributed by atoms with Gasteiger partial charge in [-0.1, -0.05) is 13.3 Å². The summed E-state index contributed by atoms with van der Waals surface area (Å²) in [5, 5.41) is 0. The molecule has 1 heterocycles. The second-order valence-electron chi connectivity index (χ2n) is 4.19. The lowest BCUT2D eigenvalue weighted by molar-refractivity contribution is -0.144. The van der Waals surface area contributed by atoms with Crippen molar-refractivity contribution in [3.05, 3.63) is 0 Å². The van der Waals surface area contributed by atoms with Gasteiger partial charge in [0, 0.05) is 6.04 Å². The Labute approximate surface area is 92.8 Å². The molecule has 1 atom stereocenters. The number of hydrogen-bond acceptors (Lipinski definition) is 3. The fourth-order valence-corrected chi connectivity index (χ4v) is 2.29. The minimum atomic E-state index is -0.0366. The van der Waals surface area contributed by atoms with E-state index in [1.165, 1.54) is 19.3 Å². The summed E-state index contributed by atoms with van der Waals surface area (Å²) in [7, 11) is 0. The van der Waals surface area contributed by atoms with Crippen molar-refractivity contribution in [2.75, 3.05) is 19.7 Å². The van der Waals surface area contributed by atoms with Gasteiger partial charge in [0.15, 0.2) is 0 Å². The minimum Gasteiger partial charge on any atom is -0.466 e. The highest BCUT2D eigenvalue weighted by Crippen LogP contribution is 2.20. The molecule has 0 aromatic heterocycles. The number of esters is 1. The van der Waals surface area contributed by atoms with E-state index < -0.39 is 0 Å². The SMILES string of the molecule is CCCN1CCCCC1CC(=O)OCC. The summed E-state index contributed by atoms with van der Waals surface area (Å²) in [5.74, 6) is -0.0366. The van der Waals surface area contributed by atoms with Crippen LogP contribution in [0.25, 0.3) is 0 Å². The van der Waals surface area contributed by atoms with E-state index in [-0.39, 0.29) is 5.97 Å². The fourth-order valence-electron chi connectivity index (χ4n) is 2.29. The molecule has 3 heteroatoms. The topological polar surface area (TPSA) is 29.5 Å². The van der Waals surface area contributed by atoms with Crippen molar-refractivity contribution < 1.29 is 9.53 Å². The maximum Gasteiger partial charge on any atom is 0.307 e. The van der Waals surface area contributed by atoms with E-state index in [0.717, 1.165) is 19.5 Å². The van der Waals surface area contributed by atoms with Gasteiger partial charge in [0.1, 0.15) is 0 Å². The van der Waals surface area contributed by atoms with Crippen LogP contribution in [0.5, 0.6) is 0 Å². The van der Waals surface area contributed by atoms with E-state index in [1.807, 2.05) is 6.92 Å². The Kier molecular flexibility index (Phi) is 5.69. The third-order valence-electron chi connectivity index (χ3n) is 2.97. The highest BCUT2D eigenvalue weighted by Gasteiger charge is 2.24. The lowest BCUT2D eigenvalue weighted by Crippen LogP contribution is -2.41. The van der Waals surface area contributed by atoms with Crippen LogP contribution in [0.15, 0.2) is 0 Å². The van der Waals surface area contributed by atoms with Crippen LogP contribution in [0.1, 0.15) is 46.0 Å². The highest BCUT2D eigenvalue weighted by molar-refractivity contribution is 5.70. The molecule has 1 aliphatic heterocycles. The third kappa shape index (κ3) is 4.20. The summed E-state index contributed by atoms with van der Waals surface area (Å²) in [6.07, 6.45) is 5.43. The number of carbonyl (C=O) groups is 1. The third-order valence-corrected chi connectivity index (χ3v) is 2.97. The zero-order chi connectivity index (χ0) is 11.1. The molecular formula is C12H23NO2. The second-order valence-corrected chi connectivity index (χ2v) is 4.19. The van der Waals surface area contributed by atoms with Gasteiger partial charge in [0.05, 0.1) is 13.0 Å². The van der Waals surface area contributed by atoms with Gasteiger partial charge in [-0.15, -0.1) is 0 Å². The summed E-state index contributed by atoms with van der Waals surface area (Å²) >= 11 is 0. The van der Waals surface area contributed by atoms with E-state index in [4.69, 9.17) is 4.74 Å². The van der Waals surface area contributed by atoms with Gasteiger partial charge in [0.2, 0.25) is 0 Å². The maximum atomic E-state index is 11.4. The Hall–Kier alpha value is -0.570. The molecule has 88 valence electrons. The number of carbonyl (C=O) groups excluding carboxylic acids is 1. The van der Waals surface area contributed by atoms with Crippen molar-refractivity contribution in [1.82, 2.24) is 4.90 Å². The van der Waals surface area contributed by atoms with Crippen LogP contribution < -0.4 is 0 Å². The average molecular weight is 213 g/mol. The normalized spacial score (nSPS) is 22.7. The predicted molar refractivity (Wildman–Crippen MR) is 60.8 cm³/mol. The second kappa shape index (κ2) is 6.83. The zero-order valence-corrected chi connectivity index (χ0v) is 10.00. The molecule has 0 aromatic carbocycles. The Morgan fingerprint density at radius 3 is 2.87 bits per heavy atom. The lowest BCUT2D eigenvalue weighted by atomic mass is 9.99. The predicted octanol–water partition coefficient (Wildman–Crippen LogP) is 2.20. The number of piperidine rings is 1. The van der Waals surface area contributed by atoms with Gasteiger partial charge in [-0.3, -0.25) is 9.69 Å². The quantitative estimate of drug-likeness (QED) is 0.656. The highest BCUT2D eigenvalue weighted by atomic mass is 16.5. The lowest BCUT2D eigenvalue weighted by Gasteiger charge is -2.34. The van der Waals surface area contributed by atoms with Crippen molar-refractivity contribution in [1.29, 1.82) is 0 Å². The first-order valence-electron chi connectivity index (χ1n) is 6.17. The van der Waals surface area contributed by atoms with E-state index in [0.29, 0.717) is 19.1 Å². The van der Waals surface area contributed by atoms with Crippen molar-refractivity contribution in [2.45, 2.75) is 52.0 Å². The molecule has 3 nitrogen and oxygen atoms in total. The molecule has 0 aromatic rings. The van der Waals surface area contributed by atoms with E-state index >= 15 is 0 Å². The summed E-state index contributed by atoms with van der Waals surface area (Å²) in [6.45, 7) is 6.82. The van der Waals surface area contributed by atoms with Crippen LogP contribution in [0.3, 0.4) is 0 Å². The van der Waals surface area contributed by atoms with Gasteiger partial charge in [-0.05, 0) is 39.3 Å². The molecule has 15 heavy (non-hydrogen) atoms. The Morgan fingerprint density at radius 1 is 1.40 bits per heavy atom. The largest absolute Gasteiger partial charge is 0.466 e. The smallest absolute Gasteiger partial charge is 0.307 e. The Morgan fingerprint density at radius 2 is 2.20 bits per heavy atom. The van der Waals surface area contributed by atoms with Gasteiger partial charge in [-0.2, -0.15) is 0 Å². The van der Waals surface area contributed by atoms with Crippen molar-refractivity contribution in [2.24, 2.45) is 0 Å². The molecule has 0 N–H and O–H groups in total. The summed E-state index contributed by atoms with van der Waals surface area (Å²) in [4.78, 5) is 13.9. The first-order valence-corrected chi connectivity index (χ1v) is 6.17. The molecule has 0 bridgehead atoms. The van der Waals surface area contributed by atoms with Gasteiger partial charge in [-0.25, -0.2) is 0 Å². The molecule has 1 saturated heterocycles. The summed E-state index contributed by atoms with van der Waals surface area (Å²) < 4.78 is 5.01. The number of likely N-dealkylation sites (tertiary alicyclic amines) is 1. The van der Waals surface area contributed by atoms with Gasteiger partial charge < -0.3 is 4.74 Å². The molecule has 1 fully saturated rings.